The van der Waals surface area contributed by atoms with Crippen LogP contribution >= 0.6 is 11.6 Å². The molecule has 0 radical (unpaired) electrons. The maximum Gasteiger partial charge on any atom is 0.229 e. The van der Waals surface area contributed by atoms with Crippen molar-refractivity contribution < 1.29 is 4.79 Å². The van der Waals surface area contributed by atoms with E-state index >= 15 is 0 Å². The number of imidazole rings is 1. The fourth-order valence-electron chi connectivity index (χ4n) is 4.42. The molecule has 1 amide bonds. The highest BCUT2D eigenvalue weighted by molar-refractivity contribution is 6.30. The molecule has 2 saturated carbocycles. The summed E-state index contributed by atoms with van der Waals surface area (Å²) in [6.07, 6.45) is 8.93. The number of carbonyl (C=O) groups is 1. The first-order chi connectivity index (χ1) is 16.5. The molecular weight excluding hydrogens is 450 g/mol. The predicted molar refractivity (Wildman–Crippen MR) is 132 cm³/mol. The van der Waals surface area contributed by atoms with E-state index in [2.05, 4.69) is 48.3 Å². The zero-order valence-electron chi connectivity index (χ0n) is 18.4. The van der Waals surface area contributed by atoms with Gasteiger partial charge >= 0.3 is 0 Å². The third-order valence-corrected chi connectivity index (χ3v) is 6.75. The Bertz CT molecular complexity index is 1400. The molecular formula is C25H24ClN7O. The molecule has 9 heteroatoms. The zero-order valence-corrected chi connectivity index (χ0v) is 19.2. The molecule has 6 rings (SSSR count). The minimum absolute atomic E-state index is 0.0774. The lowest BCUT2D eigenvalue weighted by atomic mass is 10.1. The molecule has 2 aliphatic carbocycles. The smallest absolute Gasteiger partial charge is 0.229 e. The van der Waals surface area contributed by atoms with Crippen LogP contribution in [-0.2, 0) is 11.3 Å². The summed E-state index contributed by atoms with van der Waals surface area (Å²) < 4.78 is 2.08. The van der Waals surface area contributed by atoms with Gasteiger partial charge in [0.2, 0.25) is 5.91 Å². The minimum Gasteiger partial charge on any atom is -0.398 e. The summed E-state index contributed by atoms with van der Waals surface area (Å²) >= 11 is 6.10. The van der Waals surface area contributed by atoms with Crippen molar-refractivity contribution in [3.05, 3.63) is 77.0 Å². The van der Waals surface area contributed by atoms with Crippen LogP contribution in [0.15, 0.2) is 55.1 Å². The number of hydrogen-bond acceptors (Lipinski definition) is 6. The Morgan fingerprint density at radius 1 is 1.12 bits per heavy atom. The Hall–Kier alpha value is -3.65. The van der Waals surface area contributed by atoms with Gasteiger partial charge in [0.05, 0.1) is 12.2 Å². The van der Waals surface area contributed by atoms with E-state index in [0.717, 1.165) is 23.3 Å². The third kappa shape index (κ3) is 4.28. The van der Waals surface area contributed by atoms with Crippen LogP contribution in [0.2, 0.25) is 5.02 Å². The quantitative estimate of drug-likeness (QED) is 0.338. The third-order valence-electron chi connectivity index (χ3n) is 6.52. The van der Waals surface area contributed by atoms with Crippen molar-refractivity contribution in [2.24, 2.45) is 5.92 Å². The van der Waals surface area contributed by atoms with Crippen LogP contribution < -0.4 is 16.4 Å². The van der Waals surface area contributed by atoms with Crippen molar-refractivity contribution in [1.29, 1.82) is 0 Å². The first kappa shape index (κ1) is 20.9. The Balaban J connectivity index is 1.08. The SMILES string of the molecule is Nc1ccc(Cl)cc1C1CC1C(=O)Nc1cc(NCc2cn3cc(C4CC4)ccc3n2)ncn1. The average molecular weight is 474 g/mol. The maximum atomic E-state index is 12.7. The maximum absolute atomic E-state index is 12.7. The second-order valence-corrected chi connectivity index (χ2v) is 9.52. The molecule has 2 fully saturated rings. The Morgan fingerprint density at radius 2 is 1.97 bits per heavy atom. The fourth-order valence-corrected chi connectivity index (χ4v) is 4.60. The zero-order chi connectivity index (χ0) is 23.2. The molecule has 172 valence electrons. The summed E-state index contributed by atoms with van der Waals surface area (Å²) in [6, 6.07) is 11.3. The van der Waals surface area contributed by atoms with Gasteiger partial charge in [-0.25, -0.2) is 15.0 Å². The molecule has 34 heavy (non-hydrogen) atoms. The highest BCUT2D eigenvalue weighted by atomic mass is 35.5. The summed E-state index contributed by atoms with van der Waals surface area (Å²) in [4.78, 5) is 25.9. The molecule has 2 atom stereocenters. The number of rotatable bonds is 7. The number of pyridine rings is 1. The van der Waals surface area contributed by atoms with E-state index in [4.69, 9.17) is 17.3 Å². The molecule has 2 aliphatic rings. The summed E-state index contributed by atoms with van der Waals surface area (Å²) in [6.45, 7) is 0.517. The van der Waals surface area contributed by atoms with Crippen LogP contribution in [0.5, 0.6) is 0 Å². The number of benzene rings is 1. The van der Waals surface area contributed by atoms with Crippen molar-refractivity contribution in [2.75, 3.05) is 16.4 Å². The number of aromatic nitrogens is 4. The molecule has 4 N–H and O–H groups in total. The van der Waals surface area contributed by atoms with Gasteiger partial charge < -0.3 is 20.8 Å². The molecule has 0 bridgehead atoms. The van der Waals surface area contributed by atoms with Crippen LogP contribution in [0.1, 0.15) is 47.9 Å². The molecule has 1 aromatic carbocycles. The Morgan fingerprint density at radius 3 is 2.82 bits per heavy atom. The summed E-state index contributed by atoms with van der Waals surface area (Å²) in [5.74, 6) is 1.63. The Labute approximate surface area is 201 Å². The van der Waals surface area contributed by atoms with Gasteiger partial charge in [-0.1, -0.05) is 17.7 Å². The molecule has 0 spiro atoms. The van der Waals surface area contributed by atoms with E-state index in [0.29, 0.717) is 34.8 Å². The summed E-state index contributed by atoms with van der Waals surface area (Å²) in [5, 5.41) is 6.79. The van der Waals surface area contributed by atoms with Crippen molar-refractivity contribution >= 4 is 40.5 Å². The number of nitrogens with zero attached hydrogens (tertiary/aromatic N) is 4. The largest absolute Gasteiger partial charge is 0.398 e. The normalized spacial score (nSPS) is 19.2. The fraction of sp³-hybridized carbons (Fsp3) is 0.280. The van der Waals surface area contributed by atoms with Gasteiger partial charge in [0.25, 0.3) is 0 Å². The van der Waals surface area contributed by atoms with Gasteiger partial charge in [-0.2, -0.15) is 0 Å². The topological polar surface area (TPSA) is 110 Å². The number of fused-ring (bicyclic) bond motifs is 1. The van der Waals surface area contributed by atoms with Gasteiger partial charge in [0, 0.05) is 35.1 Å². The summed E-state index contributed by atoms with van der Waals surface area (Å²) in [5.41, 5.74) is 10.9. The van der Waals surface area contributed by atoms with E-state index in [9.17, 15) is 4.79 Å². The number of nitrogen functional groups attached to an aromatic ring is 1. The molecule has 0 saturated heterocycles. The minimum atomic E-state index is -0.148. The van der Waals surface area contributed by atoms with E-state index in [1.165, 1.54) is 24.7 Å². The lowest BCUT2D eigenvalue weighted by molar-refractivity contribution is -0.117. The molecule has 0 aliphatic heterocycles. The average Bonchev–Trinajstić information content (AvgIpc) is 3.76. The van der Waals surface area contributed by atoms with E-state index < -0.39 is 0 Å². The molecule has 2 unspecified atom stereocenters. The van der Waals surface area contributed by atoms with Crippen LogP contribution in [-0.4, -0.2) is 25.3 Å². The van der Waals surface area contributed by atoms with Crippen LogP contribution in [0, 0.1) is 5.92 Å². The van der Waals surface area contributed by atoms with Gasteiger partial charge in [-0.05, 0) is 66.5 Å². The summed E-state index contributed by atoms with van der Waals surface area (Å²) in [7, 11) is 0. The number of nitrogens with two attached hydrogens (primary N) is 1. The number of carbonyl (C=O) groups excluding carboxylic acids is 1. The number of amides is 1. The molecule has 3 heterocycles. The number of nitrogens with one attached hydrogen (secondary N) is 2. The monoisotopic (exact) mass is 473 g/mol. The van der Waals surface area contributed by atoms with E-state index in [-0.39, 0.29) is 17.7 Å². The molecule has 4 aromatic rings. The lowest BCUT2D eigenvalue weighted by Crippen LogP contribution is -2.16. The van der Waals surface area contributed by atoms with Crippen LogP contribution in [0.25, 0.3) is 5.65 Å². The Kier molecular flexibility index (Phi) is 5.10. The second kappa shape index (κ2) is 8.29. The van der Waals surface area contributed by atoms with Crippen molar-refractivity contribution in [3.63, 3.8) is 0 Å². The van der Waals surface area contributed by atoms with Crippen molar-refractivity contribution in [3.8, 4) is 0 Å². The second-order valence-electron chi connectivity index (χ2n) is 9.09. The van der Waals surface area contributed by atoms with Crippen molar-refractivity contribution in [1.82, 2.24) is 19.4 Å². The number of anilines is 3. The van der Waals surface area contributed by atoms with Crippen LogP contribution in [0.4, 0.5) is 17.3 Å². The molecule has 3 aromatic heterocycles. The number of halogens is 1. The first-order valence-corrected chi connectivity index (χ1v) is 11.8. The van der Waals surface area contributed by atoms with E-state index in [1.54, 1.807) is 18.2 Å². The van der Waals surface area contributed by atoms with Crippen LogP contribution in [0.3, 0.4) is 0 Å². The standard InChI is InChI=1S/C25H24ClN7O/c26-16-4-5-21(27)19(7-16)18-8-20(18)25(34)32-23-9-22(29-13-30-23)28-10-17-12-33-11-15(14-1-2-14)3-6-24(33)31-17/h3-7,9,11-14,18,20H,1-2,8,10,27H2,(H2,28,29,30,32,34). The number of hydrogen-bond donors (Lipinski definition) is 3. The highest BCUT2D eigenvalue weighted by Crippen LogP contribution is 2.50. The van der Waals surface area contributed by atoms with Gasteiger partial charge in [-0.15, -0.1) is 0 Å². The van der Waals surface area contributed by atoms with E-state index in [1.807, 2.05) is 12.3 Å². The van der Waals surface area contributed by atoms with Crippen molar-refractivity contribution in [2.45, 2.75) is 37.6 Å². The van der Waals surface area contributed by atoms with Gasteiger partial charge in [0.15, 0.2) is 0 Å². The van der Waals surface area contributed by atoms with Gasteiger partial charge in [0.1, 0.15) is 23.6 Å². The van der Waals surface area contributed by atoms with Gasteiger partial charge in [-0.3, -0.25) is 4.79 Å². The highest BCUT2D eigenvalue weighted by Gasteiger charge is 2.45. The lowest BCUT2D eigenvalue weighted by Gasteiger charge is -2.08. The molecule has 8 nitrogen and oxygen atoms in total. The first-order valence-electron chi connectivity index (χ1n) is 11.4. The predicted octanol–water partition coefficient (Wildman–Crippen LogP) is 4.59.